The highest BCUT2D eigenvalue weighted by molar-refractivity contribution is 5.69. The lowest BCUT2D eigenvalue weighted by Gasteiger charge is -2.28. The fraction of sp³-hybridized carbons (Fsp3) is 0.235. The minimum atomic E-state index is -0.371. The van der Waals surface area contributed by atoms with Crippen molar-refractivity contribution in [3.05, 3.63) is 70.8 Å². The molecule has 0 bridgehead atoms. The first-order valence-corrected chi connectivity index (χ1v) is 6.88. The minimum absolute atomic E-state index is 0.129. The van der Waals surface area contributed by atoms with Crippen LogP contribution in [0.25, 0.3) is 0 Å². The second kappa shape index (κ2) is 5.37. The Labute approximate surface area is 118 Å². The fourth-order valence-electron chi connectivity index (χ4n) is 2.77. The number of hydrogen-bond donors (Lipinski definition) is 1. The van der Waals surface area contributed by atoms with Gasteiger partial charge in [0.25, 0.3) is 0 Å². The summed E-state index contributed by atoms with van der Waals surface area (Å²) in [4.78, 5) is 11.8. The molecule has 0 saturated heterocycles. The number of amides is 1. The van der Waals surface area contributed by atoms with E-state index < -0.39 is 0 Å². The molecular formula is C17H17NO2. The maximum Gasteiger partial charge on any atom is 0.407 e. The van der Waals surface area contributed by atoms with Crippen molar-refractivity contribution in [2.75, 3.05) is 6.61 Å². The zero-order valence-electron chi connectivity index (χ0n) is 11.4. The van der Waals surface area contributed by atoms with E-state index >= 15 is 0 Å². The van der Waals surface area contributed by atoms with Gasteiger partial charge in [0.2, 0.25) is 0 Å². The lowest BCUT2D eigenvalue weighted by atomic mass is 9.82. The van der Waals surface area contributed by atoms with E-state index in [4.69, 9.17) is 4.74 Å². The van der Waals surface area contributed by atoms with Crippen LogP contribution in [0.15, 0.2) is 48.5 Å². The Morgan fingerprint density at radius 3 is 2.20 bits per heavy atom. The summed E-state index contributed by atoms with van der Waals surface area (Å²) in [5.74, 6) is 0. The van der Waals surface area contributed by atoms with Crippen molar-refractivity contribution in [1.29, 1.82) is 0 Å². The number of nitrogens with one attached hydrogen (secondary N) is 1. The van der Waals surface area contributed by atoms with Crippen molar-refractivity contribution in [3.63, 3.8) is 0 Å². The Balaban J connectivity index is 2.01. The van der Waals surface area contributed by atoms with Gasteiger partial charge in [-0.25, -0.2) is 4.79 Å². The van der Waals surface area contributed by atoms with Crippen LogP contribution in [0.2, 0.25) is 0 Å². The van der Waals surface area contributed by atoms with Gasteiger partial charge in [-0.2, -0.15) is 0 Å². The molecule has 0 heterocycles. The van der Waals surface area contributed by atoms with Crippen LogP contribution in [0.5, 0.6) is 0 Å². The third kappa shape index (κ3) is 2.27. The van der Waals surface area contributed by atoms with E-state index in [0.29, 0.717) is 6.61 Å². The predicted molar refractivity (Wildman–Crippen MR) is 77.7 cm³/mol. The van der Waals surface area contributed by atoms with E-state index in [2.05, 4.69) is 29.6 Å². The van der Waals surface area contributed by atoms with Crippen molar-refractivity contribution in [2.45, 2.75) is 19.4 Å². The average molecular weight is 267 g/mol. The normalized spacial score (nSPS) is 13.2. The summed E-state index contributed by atoms with van der Waals surface area (Å²) in [6, 6.07) is 16.3. The summed E-state index contributed by atoms with van der Waals surface area (Å²) < 4.78 is 5.02. The van der Waals surface area contributed by atoms with Gasteiger partial charge in [-0.1, -0.05) is 48.5 Å². The molecule has 0 aliphatic heterocycles. The Morgan fingerprint density at radius 2 is 1.65 bits per heavy atom. The summed E-state index contributed by atoms with van der Waals surface area (Å²) in [6.45, 7) is 2.18. The highest BCUT2D eigenvalue weighted by Gasteiger charge is 2.26. The van der Waals surface area contributed by atoms with Gasteiger partial charge in [-0.3, -0.25) is 0 Å². The van der Waals surface area contributed by atoms with Gasteiger partial charge in [-0.15, -0.1) is 0 Å². The standard InChI is InChI=1S/C17H17NO2/c1-2-20-17(19)18-16-14-9-5-3-7-12(14)11-13-8-4-6-10-15(13)16/h3-10,16H,2,11H2,1H3,(H,18,19). The SMILES string of the molecule is CCOC(=O)NC1c2ccccc2Cc2ccccc21. The molecule has 1 aliphatic rings. The van der Waals surface area contributed by atoms with Gasteiger partial charge in [0.05, 0.1) is 12.6 Å². The third-order valence-corrected chi connectivity index (χ3v) is 3.65. The fourth-order valence-corrected chi connectivity index (χ4v) is 2.77. The van der Waals surface area contributed by atoms with Crippen LogP contribution in [0.3, 0.4) is 0 Å². The van der Waals surface area contributed by atoms with Crippen molar-refractivity contribution < 1.29 is 9.53 Å². The third-order valence-electron chi connectivity index (χ3n) is 3.65. The van der Waals surface area contributed by atoms with Crippen molar-refractivity contribution in [2.24, 2.45) is 0 Å². The zero-order valence-corrected chi connectivity index (χ0v) is 11.4. The Kier molecular flexibility index (Phi) is 3.42. The van der Waals surface area contributed by atoms with Crippen LogP contribution < -0.4 is 5.32 Å². The molecule has 1 N–H and O–H groups in total. The molecule has 20 heavy (non-hydrogen) atoms. The number of fused-ring (bicyclic) bond motifs is 2. The zero-order chi connectivity index (χ0) is 13.9. The van der Waals surface area contributed by atoms with E-state index in [1.165, 1.54) is 11.1 Å². The lowest BCUT2D eigenvalue weighted by Crippen LogP contribution is -2.32. The van der Waals surface area contributed by atoms with E-state index in [1.807, 2.05) is 31.2 Å². The molecule has 0 fully saturated rings. The molecule has 0 saturated carbocycles. The molecule has 3 heteroatoms. The van der Waals surface area contributed by atoms with E-state index in [0.717, 1.165) is 17.5 Å². The summed E-state index contributed by atoms with van der Waals surface area (Å²) >= 11 is 0. The van der Waals surface area contributed by atoms with E-state index in [-0.39, 0.29) is 12.1 Å². The summed E-state index contributed by atoms with van der Waals surface area (Å²) in [5.41, 5.74) is 4.82. The van der Waals surface area contributed by atoms with E-state index in [9.17, 15) is 4.79 Å². The first kappa shape index (κ1) is 12.7. The van der Waals surface area contributed by atoms with Gasteiger partial charge in [0, 0.05) is 0 Å². The summed E-state index contributed by atoms with van der Waals surface area (Å²) in [6.07, 6.45) is 0.539. The molecule has 102 valence electrons. The van der Waals surface area contributed by atoms with Crippen molar-refractivity contribution in [1.82, 2.24) is 5.32 Å². The first-order valence-electron chi connectivity index (χ1n) is 6.88. The number of benzene rings is 2. The van der Waals surface area contributed by atoms with Gasteiger partial charge >= 0.3 is 6.09 Å². The average Bonchev–Trinajstić information content (AvgIpc) is 2.47. The highest BCUT2D eigenvalue weighted by Crippen LogP contribution is 2.34. The van der Waals surface area contributed by atoms with Crippen LogP contribution in [0.4, 0.5) is 4.79 Å². The lowest BCUT2D eigenvalue weighted by molar-refractivity contribution is 0.149. The maximum atomic E-state index is 11.8. The number of ether oxygens (including phenoxy) is 1. The van der Waals surface area contributed by atoms with Crippen LogP contribution in [-0.2, 0) is 11.2 Å². The van der Waals surface area contributed by atoms with Gasteiger partial charge in [0.1, 0.15) is 0 Å². The number of alkyl carbamates (subject to hydrolysis) is 1. The Morgan fingerprint density at radius 1 is 1.10 bits per heavy atom. The quantitative estimate of drug-likeness (QED) is 0.905. The predicted octanol–water partition coefficient (Wildman–Crippen LogP) is 3.43. The monoisotopic (exact) mass is 267 g/mol. The van der Waals surface area contributed by atoms with E-state index in [1.54, 1.807) is 0 Å². The van der Waals surface area contributed by atoms with Crippen LogP contribution in [-0.4, -0.2) is 12.7 Å². The largest absolute Gasteiger partial charge is 0.450 e. The number of carbonyl (C=O) groups excluding carboxylic acids is 1. The molecule has 0 aromatic heterocycles. The second-order valence-corrected chi connectivity index (χ2v) is 4.87. The number of carbonyl (C=O) groups is 1. The maximum absolute atomic E-state index is 11.8. The molecule has 0 spiro atoms. The molecule has 2 aromatic rings. The Bertz CT molecular complexity index is 591. The molecule has 2 aromatic carbocycles. The smallest absolute Gasteiger partial charge is 0.407 e. The van der Waals surface area contributed by atoms with Crippen LogP contribution >= 0.6 is 0 Å². The van der Waals surface area contributed by atoms with Gasteiger partial charge in [-0.05, 0) is 35.6 Å². The topological polar surface area (TPSA) is 38.3 Å². The first-order chi connectivity index (χ1) is 9.79. The highest BCUT2D eigenvalue weighted by atomic mass is 16.5. The number of hydrogen-bond acceptors (Lipinski definition) is 2. The molecule has 0 atom stereocenters. The molecular weight excluding hydrogens is 250 g/mol. The molecule has 3 rings (SSSR count). The van der Waals surface area contributed by atoms with Gasteiger partial charge in [0.15, 0.2) is 0 Å². The van der Waals surface area contributed by atoms with Crippen LogP contribution in [0, 0.1) is 0 Å². The molecule has 1 amide bonds. The molecule has 1 aliphatic carbocycles. The molecule has 0 unspecified atom stereocenters. The Hall–Kier alpha value is -2.29. The van der Waals surface area contributed by atoms with Gasteiger partial charge < -0.3 is 10.1 Å². The minimum Gasteiger partial charge on any atom is -0.450 e. The number of rotatable bonds is 2. The van der Waals surface area contributed by atoms with Crippen molar-refractivity contribution >= 4 is 6.09 Å². The van der Waals surface area contributed by atoms with Crippen LogP contribution in [0.1, 0.15) is 35.2 Å². The second-order valence-electron chi connectivity index (χ2n) is 4.87. The summed E-state index contributed by atoms with van der Waals surface area (Å²) in [7, 11) is 0. The summed E-state index contributed by atoms with van der Waals surface area (Å²) in [5, 5.41) is 2.97. The molecule has 0 radical (unpaired) electrons. The molecule has 3 nitrogen and oxygen atoms in total. The van der Waals surface area contributed by atoms with Crippen molar-refractivity contribution in [3.8, 4) is 0 Å².